The molecule has 5 N–H and O–H groups in total. The third kappa shape index (κ3) is 4.75. The Morgan fingerprint density at radius 3 is 2.60 bits per heavy atom. The van der Waals surface area contributed by atoms with E-state index in [4.69, 9.17) is 22.5 Å². The molecule has 0 aliphatic rings. The first kappa shape index (κ1) is 16.9. The van der Waals surface area contributed by atoms with Gasteiger partial charge in [-0.15, -0.1) is 0 Å². The first-order valence-corrected chi connectivity index (χ1v) is 8.02. The summed E-state index contributed by atoms with van der Waals surface area (Å²) in [6, 6.07) is 3.89. The average molecular weight is 320 g/mol. The number of carbonyl (C=O) groups is 1. The zero-order valence-corrected chi connectivity index (χ0v) is 12.7. The molecule has 1 atom stereocenters. The molecule has 112 valence electrons. The predicted molar refractivity (Wildman–Crippen MR) is 78.9 cm³/mol. The number of halogens is 1. The molecule has 1 rings (SSSR count). The van der Waals surface area contributed by atoms with Crippen molar-refractivity contribution in [2.75, 3.05) is 11.9 Å². The summed E-state index contributed by atoms with van der Waals surface area (Å²) in [7, 11) is -3.84. The Balaban J connectivity index is 2.89. The number of amides is 1. The van der Waals surface area contributed by atoms with Crippen LogP contribution in [0.2, 0.25) is 5.02 Å². The number of carbonyl (C=O) groups excluding carboxylic acids is 1. The minimum atomic E-state index is -3.84. The largest absolute Gasteiger partial charge is 0.330 e. The van der Waals surface area contributed by atoms with Crippen molar-refractivity contribution in [2.24, 2.45) is 16.8 Å². The standard InChI is InChI=1S/C12H18ClN3O3S/c1-2-8(7-14)5-12(17)16-11-6-9(20(15,18)19)3-4-10(11)13/h3-4,6,8H,2,5,7,14H2,1H3,(H,16,17)(H2,15,18,19). The van der Waals surface area contributed by atoms with E-state index >= 15 is 0 Å². The average Bonchev–Trinajstić information content (AvgIpc) is 2.37. The van der Waals surface area contributed by atoms with Gasteiger partial charge in [0.15, 0.2) is 0 Å². The topological polar surface area (TPSA) is 115 Å². The molecule has 0 heterocycles. The van der Waals surface area contributed by atoms with Gasteiger partial charge in [0.1, 0.15) is 0 Å². The van der Waals surface area contributed by atoms with Gasteiger partial charge in [-0.3, -0.25) is 4.79 Å². The van der Waals surface area contributed by atoms with Crippen molar-refractivity contribution in [2.45, 2.75) is 24.7 Å². The summed E-state index contributed by atoms with van der Waals surface area (Å²) in [5, 5.41) is 7.85. The third-order valence-corrected chi connectivity index (χ3v) is 4.17. The Morgan fingerprint density at radius 2 is 2.10 bits per heavy atom. The van der Waals surface area contributed by atoms with Gasteiger partial charge < -0.3 is 11.1 Å². The maximum atomic E-state index is 11.8. The number of rotatable bonds is 6. The maximum Gasteiger partial charge on any atom is 0.238 e. The fourth-order valence-corrected chi connectivity index (χ4v) is 2.34. The second-order valence-corrected chi connectivity index (χ2v) is 6.42. The highest BCUT2D eigenvalue weighted by atomic mass is 35.5. The number of benzene rings is 1. The van der Waals surface area contributed by atoms with Crippen molar-refractivity contribution < 1.29 is 13.2 Å². The maximum absolute atomic E-state index is 11.8. The summed E-state index contributed by atoms with van der Waals surface area (Å²) in [4.78, 5) is 11.7. The second kappa shape index (κ2) is 7.03. The van der Waals surface area contributed by atoms with Gasteiger partial charge in [0.05, 0.1) is 15.6 Å². The van der Waals surface area contributed by atoms with Crippen molar-refractivity contribution in [3.63, 3.8) is 0 Å². The monoisotopic (exact) mass is 319 g/mol. The smallest absolute Gasteiger partial charge is 0.238 e. The van der Waals surface area contributed by atoms with E-state index in [-0.39, 0.29) is 33.9 Å². The van der Waals surface area contributed by atoms with Gasteiger partial charge in [0.2, 0.25) is 15.9 Å². The highest BCUT2D eigenvalue weighted by Gasteiger charge is 2.15. The number of hydrogen-bond acceptors (Lipinski definition) is 4. The summed E-state index contributed by atoms with van der Waals surface area (Å²) in [5.74, 6) is -0.189. The molecule has 0 bridgehead atoms. The quantitative estimate of drug-likeness (QED) is 0.732. The van der Waals surface area contributed by atoms with Crippen LogP contribution >= 0.6 is 11.6 Å². The van der Waals surface area contributed by atoms with Crippen LogP contribution in [0.1, 0.15) is 19.8 Å². The van der Waals surface area contributed by atoms with Crippen LogP contribution in [0, 0.1) is 5.92 Å². The van der Waals surface area contributed by atoms with Gasteiger partial charge in [-0.25, -0.2) is 13.6 Å². The van der Waals surface area contributed by atoms with E-state index in [9.17, 15) is 13.2 Å². The summed E-state index contributed by atoms with van der Waals surface area (Å²) in [6.45, 7) is 2.36. The van der Waals surface area contributed by atoms with Gasteiger partial charge >= 0.3 is 0 Å². The third-order valence-electron chi connectivity index (χ3n) is 2.93. The molecule has 0 fully saturated rings. The molecular weight excluding hydrogens is 302 g/mol. The molecule has 0 aliphatic heterocycles. The molecule has 0 aliphatic carbocycles. The summed E-state index contributed by atoms with van der Waals surface area (Å²) in [6.07, 6.45) is 1.04. The Morgan fingerprint density at radius 1 is 1.45 bits per heavy atom. The van der Waals surface area contributed by atoms with Gasteiger partial charge in [-0.2, -0.15) is 0 Å². The van der Waals surface area contributed by atoms with Crippen molar-refractivity contribution in [1.82, 2.24) is 0 Å². The van der Waals surface area contributed by atoms with Crippen molar-refractivity contribution >= 4 is 33.2 Å². The van der Waals surface area contributed by atoms with Gasteiger partial charge in [-0.1, -0.05) is 24.9 Å². The highest BCUT2D eigenvalue weighted by Crippen LogP contribution is 2.25. The summed E-state index contributed by atoms with van der Waals surface area (Å²) in [5.41, 5.74) is 5.75. The van der Waals surface area contributed by atoms with Crippen LogP contribution in [0.15, 0.2) is 23.1 Å². The number of anilines is 1. The molecular formula is C12H18ClN3O3S. The van der Waals surface area contributed by atoms with Crippen LogP contribution in [-0.2, 0) is 14.8 Å². The molecule has 20 heavy (non-hydrogen) atoms. The van der Waals surface area contributed by atoms with Crippen molar-refractivity contribution in [3.05, 3.63) is 23.2 Å². The minimum Gasteiger partial charge on any atom is -0.330 e. The van der Waals surface area contributed by atoms with Crippen LogP contribution in [-0.4, -0.2) is 20.9 Å². The normalized spacial score (nSPS) is 13.0. The molecule has 0 saturated heterocycles. The molecule has 0 spiro atoms. The van der Waals surface area contributed by atoms with Gasteiger partial charge in [-0.05, 0) is 30.7 Å². The Kier molecular flexibility index (Phi) is 5.94. The van der Waals surface area contributed by atoms with Crippen LogP contribution in [0.4, 0.5) is 5.69 Å². The zero-order chi connectivity index (χ0) is 15.3. The first-order chi connectivity index (χ1) is 9.27. The fraction of sp³-hybridized carbons (Fsp3) is 0.417. The van der Waals surface area contributed by atoms with E-state index in [0.29, 0.717) is 6.54 Å². The Bertz CT molecular complexity index is 586. The number of primary sulfonamides is 1. The molecule has 0 saturated carbocycles. The van der Waals surface area contributed by atoms with E-state index in [0.717, 1.165) is 6.42 Å². The molecule has 1 amide bonds. The highest BCUT2D eigenvalue weighted by molar-refractivity contribution is 7.89. The number of nitrogens with two attached hydrogens (primary N) is 2. The predicted octanol–water partition coefficient (Wildman–Crippen LogP) is 1.30. The van der Waals surface area contributed by atoms with E-state index in [2.05, 4.69) is 5.32 Å². The number of sulfonamides is 1. The Hall–Kier alpha value is -1.15. The van der Waals surface area contributed by atoms with Crippen molar-refractivity contribution in [3.8, 4) is 0 Å². The first-order valence-electron chi connectivity index (χ1n) is 6.10. The van der Waals surface area contributed by atoms with Gasteiger partial charge in [0, 0.05) is 6.42 Å². The lowest BCUT2D eigenvalue weighted by atomic mass is 10.0. The van der Waals surface area contributed by atoms with Crippen molar-refractivity contribution in [1.29, 1.82) is 0 Å². The number of nitrogens with one attached hydrogen (secondary N) is 1. The SMILES string of the molecule is CCC(CN)CC(=O)Nc1cc(S(N)(=O)=O)ccc1Cl. The summed E-state index contributed by atoms with van der Waals surface area (Å²) < 4.78 is 22.5. The van der Waals surface area contributed by atoms with Crippen LogP contribution in [0.5, 0.6) is 0 Å². The summed E-state index contributed by atoms with van der Waals surface area (Å²) >= 11 is 5.92. The molecule has 1 aromatic carbocycles. The van der Waals surface area contributed by atoms with E-state index < -0.39 is 10.0 Å². The molecule has 8 heteroatoms. The van der Waals surface area contributed by atoms with E-state index in [1.165, 1.54) is 18.2 Å². The lowest BCUT2D eigenvalue weighted by Crippen LogP contribution is -2.22. The van der Waals surface area contributed by atoms with E-state index in [1.807, 2.05) is 6.92 Å². The molecule has 0 radical (unpaired) electrons. The molecule has 6 nitrogen and oxygen atoms in total. The lowest BCUT2D eigenvalue weighted by molar-refractivity contribution is -0.117. The minimum absolute atomic E-state index is 0.0789. The zero-order valence-electron chi connectivity index (χ0n) is 11.1. The number of hydrogen-bond donors (Lipinski definition) is 3. The fourth-order valence-electron chi connectivity index (χ4n) is 1.63. The second-order valence-electron chi connectivity index (χ2n) is 4.45. The van der Waals surface area contributed by atoms with Crippen LogP contribution in [0.3, 0.4) is 0 Å². The van der Waals surface area contributed by atoms with Crippen LogP contribution < -0.4 is 16.2 Å². The van der Waals surface area contributed by atoms with E-state index in [1.54, 1.807) is 0 Å². The molecule has 1 unspecified atom stereocenters. The lowest BCUT2D eigenvalue weighted by Gasteiger charge is -2.13. The Labute approximate surface area is 123 Å². The van der Waals surface area contributed by atoms with Gasteiger partial charge in [0.25, 0.3) is 0 Å². The molecule has 1 aromatic rings. The van der Waals surface area contributed by atoms with Crippen LogP contribution in [0.25, 0.3) is 0 Å². The molecule has 0 aromatic heterocycles.